The van der Waals surface area contributed by atoms with Crippen molar-refractivity contribution in [2.75, 3.05) is 17.0 Å². The Morgan fingerprint density at radius 1 is 1.24 bits per heavy atom. The molecule has 0 aliphatic carbocycles. The number of hydrogen-bond donors (Lipinski definition) is 3. The maximum absolute atomic E-state index is 12.0. The fourth-order valence-electron chi connectivity index (χ4n) is 1.64. The largest absolute Gasteiger partial charge is 0.481 e. The van der Waals surface area contributed by atoms with Crippen LogP contribution >= 0.6 is 0 Å². The molecule has 0 heterocycles. The lowest BCUT2D eigenvalue weighted by molar-refractivity contribution is -0.136. The van der Waals surface area contributed by atoms with Gasteiger partial charge in [0, 0.05) is 6.54 Å². The zero-order valence-corrected chi connectivity index (χ0v) is 12.4. The van der Waals surface area contributed by atoms with Gasteiger partial charge in [-0.1, -0.05) is 19.1 Å². The number of rotatable bonds is 8. The molecule has 116 valence electrons. The Hall–Kier alpha value is -2.09. The predicted molar refractivity (Wildman–Crippen MR) is 78.7 cm³/mol. The highest BCUT2D eigenvalue weighted by Gasteiger charge is 2.15. The van der Waals surface area contributed by atoms with Crippen LogP contribution in [-0.4, -0.2) is 37.7 Å². The summed E-state index contributed by atoms with van der Waals surface area (Å²) in [7, 11) is -3.50. The summed E-state index contributed by atoms with van der Waals surface area (Å²) in [5, 5.41) is 11.0. The molecular weight excluding hydrogens is 296 g/mol. The maximum atomic E-state index is 12.0. The lowest BCUT2D eigenvalue weighted by Crippen LogP contribution is -2.27. The Morgan fingerprint density at radius 2 is 1.90 bits per heavy atom. The molecule has 1 rings (SSSR count). The molecule has 1 aromatic carbocycles. The van der Waals surface area contributed by atoms with E-state index in [1.165, 1.54) is 12.1 Å². The van der Waals surface area contributed by atoms with Crippen molar-refractivity contribution in [3.8, 4) is 0 Å². The molecule has 1 aromatic rings. The highest BCUT2D eigenvalue weighted by Crippen LogP contribution is 2.16. The van der Waals surface area contributed by atoms with Gasteiger partial charge in [0.1, 0.15) is 0 Å². The molecule has 0 spiro atoms. The summed E-state index contributed by atoms with van der Waals surface area (Å²) in [6.45, 7) is 1.72. The smallest absolute Gasteiger partial charge is 0.305 e. The third-order valence-electron chi connectivity index (χ3n) is 2.53. The number of para-hydroxylation sites is 1. The molecule has 0 atom stereocenters. The van der Waals surface area contributed by atoms with Crippen LogP contribution in [0.3, 0.4) is 0 Å². The maximum Gasteiger partial charge on any atom is 0.305 e. The van der Waals surface area contributed by atoms with E-state index in [1.807, 2.05) is 0 Å². The lowest BCUT2D eigenvalue weighted by atomic mass is 10.1. The van der Waals surface area contributed by atoms with Gasteiger partial charge in [-0.25, -0.2) is 8.42 Å². The van der Waals surface area contributed by atoms with E-state index in [0.717, 1.165) is 0 Å². The summed E-state index contributed by atoms with van der Waals surface area (Å²) >= 11 is 0. The van der Waals surface area contributed by atoms with Gasteiger partial charge in [-0.05, 0) is 18.6 Å². The quantitative estimate of drug-likeness (QED) is 0.663. The number of sulfonamides is 1. The molecule has 0 bridgehead atoms. The van der Waals surface area contributed by atoms with Crippen molar-refractivity contribution in [1.29, 1.82) is 0 Å². The van der Waals surface area contributed by atoms with Crippen molar-refractivity contribution in [1.82, 2.24) is 5.32 Å². The average Bonchev–Trinajstić information content (AvgIpc) is 2.38. The Labute approximate surface area is 123 Å². The van der Waals surface area contributed by atoms with Crippen molar-refractivity contribution in [2.24, 2.45) is 0 Å². The van der Waals surface area contributed by atoms with E-state index in [9.17, 15) is 18.0 Å². The number of anilines is 1. The monoisotopic (exact) mass is 314 g/mol. The van der Waals surface area contributed by atoms with Crippen LogP contribution in [-0.2, 0) is 14.8 Å². The standard InChI is InChI=1S/C13H18N2O5S/c1-2-9-21(19,20)15-11-6-4-3-5-10(11)13(18)14-8-7-12(16)17/h3-6,15H,2,7-9H2,1H3,(H,14,18)(H,16,17). The Kier molecular flexibility index (Phi) is 6.16. The van der Waals surface area contributed by atoms with Crippen LogP contribution in [0.5, 0.6) is 0 Å². The van der Waals surface area contributed by atoms with Gasteiger partial charge in [0.05, 0.1) is 23.4 Å². The zero-order chi connectivity index (χ0) is 15.9. The second-order valence-corrected chi connectivity index (χ2v) is 6.21. The van der Waals surface area contributed by atoms with E-state index in [1.54, 1.807) is 19.1 Å². The second kappa shape index (κ2) is 7.63. The van der Waals surface area contributed by atoms with Crippen molar-refractivity contribution >= 4 is 27.6 Å². The summed E-state index contributed by atoms with van der Waals surface area (Å²) in [6.07, 6.45) is 0.262. The Bertz CT molecular complexity index is 613. The fourth-order valence-corrected chi connectivity index (χ4v) is 2.79. The third kappa shape index (κ3) is 5.82. The number of carbonyl (C=O) groups is 2. The summed E-state index contributed by atoms with van der Waals surface area (Å²) < 4.78 is 25.9. The molecule has 21 heavy (non-hydrogen) atoms. The van der Waals surface area contributed by atoms with Gasteiger partial charge < -0.3 is 10.4 Å². The van der Waals surface area contributed by atoms with Crippen LogP contribution in [0.1, 0.15) is 30.1 Å². The number of amides is 1. The van der Waals surface area contributed by atoms with E-state index in [4.69, 9.17) is 5.11 Å². The molecule has 1 amide bonds. The average molecular weight is 314 g/mol. The number of carboxylic acid groups (broad SMARTS) is 1. The topological polar surface area (TPSA) is 113 Å². The highest BCUT2D eigenvalue weighted by atomic mass is 32.2. The first-order valence-electron chi connectivity index (χ1n) is 6.45. The number of hydrogen-bond acceptors (Lipinski definition) is 4. The molecule has 7 nitrogen and oxygen atoms in total. The van der Waals surface area contributed by atoms with Crippen LogP contribution in [0, 0.1) is 0 Å². The first-order chi connectivity index (χ1) is 9.85. The first kappa shape index (κ1) is 17.0. The van der Waals surface area contributed by atoms with Gasteiger partial charge in [-0.3, -0.25) is 14.3 Å². The van der Waals surface area contributed by atoms with Gasteiger partial charge in [0.15, 0.2) is 0 Å². The van der Waals surface area contributed by atoms with E-state index >= 15 is 0 Å². The van der Waals surface area contributed by atoms with E-state index in [0.29, 0.717) is 6.42 Å². The van der Waals surface area contributed by atoms with Crippen LogP contribution in [0.2, 0.25) is 0 Å². The first-order valence-corrected chi connectivity index (χ1v) is 8.10. The van der Waals surface area contributed by atoms with Crippen LogP contribution < -0.4 is 10.0 Å². The minimum Gasteiger partial charge on any atom is -0.481 e. The van der Waals surface area contributed by atoms with Crippen LogP contribution in [0.25, 0.3) is 0 Å². The predicted octanol–water partition coefficient (Wildman–Crippen LogP) is 1.04. The normalized spacial score (nSPS) is 10.9. The SMILES string of the molecule is CCCS(=O)(=O)Nc1ccccc1C(=O)NCCC(=O)O. The summed E-state index contributed by atoms with van der Waals surface area (Å²) in [5.41, 5.74) is 0.335. The lowest BCUT2D eigenvalue weighted by Gasteiger charge is -2.12. The Morgan fingerprint density at radius 3 is 2.52 bits per heavy atom. The molecular formula is C13H18N2O5S. The van der Waals surface area contributed by atoms with Crippen molar-refractivity contribution in [3.63, 3.8) is 0 Å². The third-order valence-corrected chi connectivity index (χ3v) is 4.01. The van der Waals surface area contributed by atoms with Crippen LogP contribution in [0.4, 0.5) is 5.69 Å². The number of nitrogens with one attached hydrogen (secondary N) is 2. The van der Waals surface area contributed by atoms with Gasteiger partial charge in [-0.2, -0.15) is 0 Å². The molecule has 0 aliphatic rings. The highest BCUT2D eigenvalue weighted by molar-refractivity contribution is 7.92. The summed E-state index contributed by atoms with van der Waals surface area (Å²) in [5.74, 6) is -1.58. The Balaban J connectivity index is 2.84. The second-order valence-electron chi connectivity index (χ2n) is 4.37. The number of aliphatic carboxylic acids is 1. The molecule has 8 heteroatoms. The van der Waals surface area contributed by atoms with Crippen LogP contribution in [0.15, 0.2) is 24.3 Å². The minimum atomic E-state index is -3.50. The summed E-state index contributed by atoms with van der Waals surface area (Å²) in [6, 6.07) is 6.17. The molecule has 0 saturated carbocycles. The molecule has 0 aliphatic heterocycles. The molecule has 3 N–H and O–H groups in total. The van der Waals surface area contributed by atoms with Crippen molar-refractivity contribution < 1.29 is 23.1 Å². The van der Waals surface area contributed by atoms with Gasteiger partial charge in [-0.15, -0.1) is 0 Å². The molecule has 0 aromatic heterocycles. The van der Waals surface area contributed by atoms with E-state index in [2.05, 4.69) is 10.0 Å². The molecule has 0 saturated heterocycles. The minimum absolute atomic E-state index is 0.0236. The van der Waals surface area contributed by atoms with Gasteiger partial charge >= 0.3 is 5.97 Å². The van der Waals surface area contributed by atoms with E-state index < -0.39 is 21.9 Å². The summed E-state index contributed by atoms with van der Waals surface area (Å²) in [4.78, 5) is 22.4. The molecule has 0 fully saturated rings. The fraction of sp³-hybridized carbons (Fsp3) is 0.385. The zero-order valence-electron chi connectivity index (χ0n) is 11.6. The molecule has 0 unspecified atom stereocenters. The van der Waals surface area contributed by atoms with Crippen molar-refractivity contribution in [3.05, 3.63) is 29.8 Å². The van der Waals surface area contributed by atoms with E-state index in [-0.39, 0.29) is 30.0 Å². The van der Waals surface area contributed by atoms with Crippen molar-refractivity contribution in [2.45, 2.75) is 19.8 Å². The number of carbonyl (C=O) groups excluding carboxylic acids is 1. The van der Waals surface area contributed by atoms with Gasteiger partial charge in [0.25, 0.3) is 5.91 Å². The number of carboxylic acids is 1. The van der Waals surface area contributed by atoms with Gasteiger partial charge in [0.2, 0.25) is 10.0 Å². The number of benzene rings is 1. The molecule has 0 radical (unpaired) electrons.